The minimum atomic E-state index is -0.506. The summed E-state index contributed by atoms with van der Waals surface area (Å²) in [6.07, 6.45) is 3.91. The van der Waals surface area contributed by atoms with Gasteiger partial charge in [-0.15, -0.1) is 0 Å². The zero-order valence-electron chi connectivity index (χ0n) is 13.0. The first kappa shape index (κ1) is 16.7. The van der Waals surface area contributed by atoms with E-state index in [1.54, 1.807) is 16.9 Å². The summed E-state index contributed by atoms with van der Waals surface area (Å²) in [6, 6.07) is 1.97. The highest BCUT2D eigenvalue weighted by molar-refractivity contribution is 5.92. The summed E-state index contributed by atoms with van der Waals surface area (Å²) in [5.41, 5.74) is 0.565. The van der Waals surface area contributed by atoms with Crippen LogP contribution in [0.5, 0.6) is 0 Å². The quantitative estimate of drug-likeness (QED) is 0.769. The average Bonchev–Trinajstić information content (AvgIpc) is 2.94. The van der Waals surface area contributed by atoms with Crippen LogP contribution in [-0.4, -0.2) is 33.4 Å². The second kappa shape index (κ2) is 8.04. The molecule has 20 heavy (non-hydrogen) atoms. The summed E-state index contributed by atoms with van der Waals surface area (Å²) in [5, 5.41) is 16.9. The van der Waals surface area contributed by atoms with E-state index >= 15 is 0 Å². The molecule has 5 heteroatoms. The number of carbonyl (C=O) groups is 1. The lowest BCUT2D eigenvalue weighted by Crippen LogP contribution is -2.36. The minimum Gasteiger partial charge on any atom is -0.391 e. The molecule has 0 bridgehead atoms. The van der Waals surface area contributed by atoms with E-state index in [2.05, 4.69) is 24.3 Å². The van der Waals surface area contributed by atoms with Gasteiger partial charge in [-0.2, -0.15) is 5.10 Å². The standard InChI is InChI=1S/C15H27N3O2/c1-5-11(4)14(19)10-16-15(20)13-8-9-17-18(13)12(6-2)7-3/h8-9,11-12,14,19H,5-7,10H2,1-4H3,(H,16,20). The van der Waals surface area contributed by atoms with Gasteiger partial charge in [-0.3, -0.25) is 9.48 Å². The Morgan fingerprint density at radius 3 is 2.55 bits per heavy atom. The number of hydrogen-bond donors (Lipinski definition) is 2. The average molecular weight is 281 g/mol. The van der Waals surface area contributed by atoms with Crippen LogP contribution in [0.25, 0.3) is 0 Å². The first-order chi connectivity index (χ1) is 9.54. The van der Waals surface area contributed by atoms with Crippen molar-refractivity contribution in [3.8, 4) is 0 Å². The van der Waals surface area contributed by atoms with Crippen LogP contribution in [0.4, 0.5) is 0 Å². The lowest BCUT2D eigenvalue weighted by Gasteiger charge is -2.19. The molecule has 0 radical (unpaired) electrons. The molecule has 1 rings (SSSR count). The van der Waals surface area contributed by atoms with Crippen LogP contribution in [0.2, 0.25) is 0 Å². The van der Waals surface area contributed by atoms with Gasteiger partial charge in [0.05, 0.1) is 12.1 Å². The first-order valence-corrected chi connectivity index (χ1v) is 7.54. The number of rotatable bonds is 8. The second-order valence-corrected chi connectivity index (χ2v) is 5.29. The maximum absolute atomic E-state index is 12.2. The van der Waals surface area contributed by atoms with Gasteiger partial charge in [-0.05, 0) is 24.8 Å². The van der Waals surface area contributed by atoms with Gasteiger partial charge in [0.2, 0.25) is 0 Å². The summed E-state index contributed by atoms with van der Waals surface area (Å²) >= 11 is 0. The van der Waals surface area contributed by atoms with Crippen molar-refractivity contribution in [1.29, 1.82) is 0 Å². The van der Waals surface area contributed by atoms with E-state index in [9.17, 15) is 9.90 Å². The third kappa shape index (κ3) is 4.07. The Kier molecular flexibility index (Phi) is 6.71. The smallest absolute Gasteiger partial charge is 0.269 e. The fourth-order valence-electron chi connectivity index (χ4n) is 2.18. The maximum Gasteiger partial charge on any atom is 0.269 e. The van der Waals surface area contributed by atoms with Crippen molar-refractivity contribution < 1.29 is 9.90 Å². The third-order valence-corrected chi connectivity index (χ3v) is 3.96. The van der Waals surface area contributed by atoms with Crippen LogP contribution in [0.15, 0.2) is 12.3 Å². The third-order valence-electron chi connectivity index (χ3n) is 3.96. The van der Waals surface area contributed by atoms with E-state index in [-0.39, 0.29) is 24.4 Å². The molecule has 0 saturated carbocycles. The summed E-state index contributed by atoms with van der Waals surface area (Å²) in [4.78, 5) is 12.2. The number of carbonyl (C=O) groups excluding carboxylic acids is 1. The Bertz CT molecular complexity index is 413. The molecular weight excluding hydrogens is 254 g/mol. The lowest BCUT2D eigenvalue weighted by atomic mass is 10.0. The highest BCUT2D eigenvalue weighted by Crippen LogP contribution is 2.16. The first-order valence-electron chi connectivity index (χ1n) is 7.54. The number of aromatic nitrogens is 2. The number of nitrogens with zero attached hydrogens (tertiary/aromatic N) is 2. The van der Waals surface area contributed by atoms with Crippen molar-refractivity contribution in [3.63, 3.8) is 0 Å². The molecule has 0 aromatic carbocycles. The molecule has 2 atom stereocenters. The fraction of sp³-hybridized carbons (Fsp3) is 0.733. The van der Waals surface area contributed by atoms with Gasteiger partial charge in [0.15, 0.2) is 0 Å². The molecular formula is C15H27N3O2. The summed E-state index contributed by atoms with van der Waals surface area (Å²) in [7, 11) is 0. The minimum absolute atomic E-state index is 0.170. The van der Waals surface area contributed by atoms with Crippen molar-refractivity contribution in [2.75, 3.05) is 6.54 Å². The predicted octanol–water partition coefficient (Wildman–Crippen LogP) is 2.38. The Balaban J connectivity index is 2.67. The van der Waals surface area contributed by atoms with Gasteiger partial charge in [0.25, 0.3) is 5.91 Å². The van der Waals surface area contributed by atoms with E-state index < -0.39 is 6.10 Å². The van der Waals surface area contributed by atoms with Crippen molar-refractivity contribution in [2.45, 2.75) is 59.1 Å². The Labute approximate surface area is 121 Å². The summed E-state index contributed by atoms with van der Waals surface area (Å²) < 4.78 is 1.78. The van der Waals surface area contributed by atoms with Gasteiger partial charge in [0, 0.05) is 12.7 Å². The zero-order valence-corrected chi connectivity index (χ0v) is 13.0. The topological polar surface area (TPSA) is 67.2 Å². The molecule has 5 nitrogen and oxygen atoms in total. The largest absolute Gasteiger partial charge is 0.391 e. The highest BCUT2D eigenvalue weighted by Gasteiger charge is 2.19. The summed E-state index contributed by atoms with van der Waals surface area (Å²) in [5.74, 6) is 0.0102. The van der Waals surface area contributed by atoms with E-state index in [0.717, 1.165) is 19.3 Å². The Morgan fingerprint density at radius 1 is 1.35 bits per heavy atom. The van der Waals surface area contributed by atoms with Crippen molar-refractivity contribution >= 4 is 5.91 Å². The van der Waals surface area contributed by atoms with Gasteiger partial charge in [0.1, 0.15) is 5.69 Å². The van der Waals surface area contributed by atoms with Crippen LogP contribution < -0.4 is 5.32 Å². The lowest BCUT2D eigenvalue weighted by molar-refractivity contribution is 0.0838. The predicted molar refractivity (Wildman–Crippen MR) is 79.6 cm³/mol. The normalized spacial score (nSPS) is 14.3. The molecule has 2 N–H and O–H groups in total. The molecule has 1 amide bonds. The van der Waals surface area contributed by atoms with Crippen LogP contribution in [0.3, 0.4) is 0 Å². The molecule has 1 aromatic heterocycles. The number of nitrogens with one attached hydrogen (secondary N) is 1. The molecule has 2 unspecified atom stereocenters. The number of hydrogen-bond acceptors (Lipinski definition) is 3. The fourth-order valence-corrected chi connectivity index (χ4v) is 2.18. The molecule has 0 aliphatic rings. The Morgan fingerprint density at radius 2 is 2.00 bits per heavy atom. The van der Waals surface area contributed by atoms with Gasteiger partial charge in [-0.25, -0.2) is 0 Å². The van der Waals surface area contributed by atoms with E-state index in [0.29, 0.717) is 5.69 Å². The van der Waals surface area contributed by atoms with Crippen molar-refractivity contribution in [3.05, 3.63) is 18.0 Å². The zero-order chi connectivity index (χ0) is 15.1. The van der Waals surface area contributed by atoms with Gasteiger partial charge in [-0.1, -0.05) is 34.1 Å². The Hall–Kier alpha value is -1.36. The van der Waals surface area contributed by atoms with Crippen LogP contribution >= 0.6 is 0 Å². The van der Waals surface area contributed by atoms with Crippen LogP contribution in [0, 0.1) is 5.92 Å². The molecule has 0 fully saturated rings. The molecule has 1 aromatic rings. The van der Waals surface area contributed by atoms with E-state index in [1.165, 1.54) is 0 Å². The maximum atomic E-state index is 12.2. The molecule has 0 saturated heterocycles. The molecule has 0 aliphatic heterocycles. The van der Waals surface area contributed by atoms with E-state index in [4.69, 9.17) is 0 Å². The number of aliphatic hydroxyl groups is 1. The highest BCUT2D eigenvalue weighted by atomic mass is 16.3. The number of amides is 1. The second-order valence-electron chi connectivity index (χ2n) is 5.29. The number of aliphatic hydroxyl groups excluding tert-OH is 1. The van der Waals surface area contributed by atoms with E-state index in [1.807, 2.05) is 13.8 Å². The molecule has 1 heterocycles. The SMILES string of the molecule is CCC(C)C(O)CNC(=O)c1ccnn1C(CC)CC. The van der Waals surface area contributed by atoms with Gasteiger partial charge < -0.3 is 10.4 Å². The van der Waals surface area contributed by atoms with Crippen molar-refractivity contribution in [1.82, 2.24) is 15.1 Å². The monoisotopic (exact) mass is 281 g/mol. The molecule has 0 aliphatic carbocycles. The summed E-state index contributed by atoms with van der Waals surface area (Å²) in [6.45, 7) is 8.46. The molecule has 0 spiro atoms. The van der Waals surface area contributed by atoms with Gasteiger partial charge >= 0.3 is 0 Å². The van der Waals surface area contributed by atoms with Crippen molar-refractivity contribution in [2.24, 2.45) is 5.92 Å². The van der Waals surface area contributed by atoms with Crippen LogP contribution in [-0.2, 0) is 0 Å². The van der Waals surface area contributed by atoms with Crippen LogP contribution in [0.1, 0.15) is 63.5 Å². The molecule has 114 valence electrons.